The van der Waals surface area contributed by atoms with Gasteiger partial charge in [0.25, 0.3) is 0 Å². The SMILES string of the molecule is CC(c1ccccc1Cl)N(C)C(=O)C1CCC(N)C1.Cl. The molecule has 1 aromatic rings. The molecule has 0 aromatic heterocycles. The molecule has 1 aromatic carbocycles. The molecular formula is C15H22Cl2N2O. The Morgan fingerprint density at radius 1 is 1.40 bits per heavy atom. The van der Waals surface area contributed by atoms with Gasteiger partial charge in [0.2, 0.25) is 5.91 Å². The molecule has 1 aliphatic rings. The first-order valence-electron chi connectivity index (χ1n) is 6.77. The molecule has 20 heavy (non-hydrogen) atoms. The fourth-order valence-corrected chi connectivity index (χ4v) is 3.04. The number of nitrogens with two attached hydrogens (primary N) is 1. The van der Waals surface area contributed by atoms with Crippen LogP contribution in [0.1, 0.15) is 37.8 Å². The van der Waals surface area contributed by atoms with E-state index in [0.717, 1.165) is 24.8 Å². The minimum atomic E-state index is -0.0157. The molecule has 2 N–H and O–H groups in total. The molecule has 5 heteroatoms. The monoisotopic (exact) mass is 316 g/mol. The summed E-state index contributed by atoms with van der Waals surface area (Å²) in [5, 5.41) is 0.706. The summed E-state index contributed by atoms with van der Waals surface area (Å²) in [6.07, 6.45) is 2.66. The van der Waals surface area contributed by atoms with E-state index in [4.69, 9.17) is 17.3 Å². The molecular weight excluding hydrogens is 295 g/mol. The fourth-order valence-electron chi connectivity index (χ4n) is 2.74. The van der Waals surface area contributed by atoms with Crippen LogP contribution in [0.4, 0.5) is 0 Å². The van der Waals surface area contributed by atoms with E-state index < -0.39 is 0 Å². The molecule has 1 fully saturated rings. The second-order valence-corrected chi connectivity index (χ2v) is 5.82. The summed E-state index contributed by atoms with van der Waals surface area (Å²) < 4.78 is 0. The molecule has 3 unspecified atom stereocenters. The van der Waals surface area contributed by atoms with E-state index in [0.29, 0.717) is 5.02 Å². The van der Waals surface area contributed by atoms with Gasteiger partial charge in [-0.3, -0.25) is 4.79 Å². The van der Waals surface area contributed by atoms with Crippen LogP contribution in [-0.2, 0) is 4.79 Å². The van der Waals surface area contributed by atoms with Crippen molar-refractivity contribution in [3.63, 3.8) is 0 Å². The van der Waals surface area contributed by atoms with Crippen LogP contribution < -0.4 is 5.73 Å². The Morgan fingerprint density at radius 3 is 2.60 bits per heavy atom. The molecule has 1 saturated carbocycles. The Bertz CT molecular complexity index is 467. The third-order valence-electron chi connectivity index (χ3n) is 4.11. The van der Waals surface area contributed by atoms with E-state index >= 15 is 0 Å². The highest BCUT2D eigenvalue weighted by atomic mass is 35.5. The Hall–Kier alpha value is -0.770. The van der Waals surface area contributed by atoms with Crippen LogP contribution in [0, 0.1) is 5.92 Å². The molecule has 0 heterocycles. The number of nitrogens with zero attached hydrogens (tertiary/aromatic N) is 1. The molecule has 0 radical (unpaired) electrons. The average Bonchev–Trinajstić information content (AvgIpc) is 2.83. The summed E-state index contributed by atoms with van der Waals surface area (Å²) >= 11 is 6.19. The fraction of sp³-hybridized carbons (Fsp3) is 0.533. The first kappa shape index (κ1) is 17.3. The quantitative estimate of drug-likeness (QED) is 0.928. The van der Waals surface area contributed by atoms with Crippen LogP contribution in [-0.4, -0.2) is 23.9 Å². The summed E-state index contributed by atoms with van der Waals surface area (Å²) in [7, 11) is 1.85. The molecule has 0 aliphatic heterocycles. The third kappa shape index (κ3) is 3.66. The van der Waals surface area contributed by atoms with Gasteiger partial charge in [-0.2, -0.15) is 0 Å². The van der Waals surface area contributed by atoms with Crippen molar-refractivity contribution in [2.45, 2.75) is 38.3 Å². The zero-order chi connectivity index (χ0) is 14.0. The van der Waals surface area contributed by atoms with Crippen molar-refractivity contribution in [2.24, 2.45) is 11.7 Å². The molecule has 0 bridgehead atoms. The van der Waals surface area contributed by atoms with Crippen LogP contribution in [0.5, 0.6) is 0 Å². The van der Waals surface area contributed by atoms with Crippen LogP contribution >= 0.6 is 24.0 Å². The zero-order valence-corrected chi connectivity index (χ0v) is 13.5. The van der Waals surface area contributed by atoms with Gasteiger partial charge in [-0.1, -0.05) is 29.8 Å². The van der Waals surface area contributed by atoms with E-state index in [-0.39, 0.29) is 36.3 Å². The Labute approximate surface area is 131 Å². The van der Waals surface area contributed by atoms with Crippen molar-refractivity contribution in [3.8, 4) is 0 Å². The average molecular weight is 317 g/mol. The van der Waals surface area contributed by atoms with Crippen molar-refractivity contribution in [1.29, 1.82) is 0 Å². The molecule has 1 aliphatic carbocycles. The van der Waals surface area contributed by atoms with E-state index in [1.807, 2.05) is 38.2 Å². The number of amides is 1. The van der Waals surface area contributed by atoms with E-state index in [2.05, 4.69) is 0 Å². The van der Waals surface area contributed by atoms with Gasteiger partial charge in [-0.15, -0.1) is 12.4 Å². The predicted molar refractivity (Wildman–Crippen MR) is 85.2 cm³/mol. The van der Waals surface area contributed by atoms with Gasteiger partial charge in [-0.25, -0.2) is 0 Å². The predicted octanol–water partition coefficient (Wildman–Crippen LogP) is 3.41. The summed E-state index contributed by atoms with van der Waals surface area (Å²) in [6.45, 7) is 2.01. The largest absolute Gasteiger partial charge is 0.339 e. The van der Waals surface area contributed by atoms with E-state index in [1.165, 1.54) is 0 Å². The number of halogens is 2. The lowest BCUT2D eigenvalue weighted by molar-refractivity contribution is -0.136. The highest BCUT2D eigenvalue weighted by Crippen LogP contribution is 2.31. The lowest BCUT2D eigenvalue weighted by Gasteiger charge is -2.28. The summed E-state index contributed by atoms with van der Waals surface area (Å²) in [5.74, 6) is 0.255. The third-order valence-corrected chi connectivity index (χ3v) is 4.45. The van der Waals surface area contributed by atoms with Gasteiger partial charge in [0, 0.05) is 24.0 Å². The van der Waals surface area contributed by atoms with Crippen molar-refractivity contribution >= 4 is 29.9 Å². The number of hydrogen-bond donors (Lipinski definition) is 1. The lowest BCUT2D eigenvalue weighted by atomic mass is 10.0. The molecule has 112 valence electrons. The maximum atomic E-state index is 12.4. The van der Waals surface area contributed by atoms with Crippen molar-refractivity contribution in [2.75, 3.05) is 7.05 Å². The normalized spacial score (nSPS) is 23.0. The number of carbonyl (C=O) groups excluding carboxylic acids is 1. The number of hydrogen-bond acceptors (Lipinski definition) is 2. The molecule has 3 nitrogen and oxygen atoms in total. The Morgan fingerprint density at radius 2 is 2.05 bits per heavy atom. The van der Waals surface area contributed by atoms with E-state index in [1.54, 1.807) is 4.90 Å². The van der Waals surface area contributed by atoms with Crippen LogP contribution in [0.15, 0.2) is 24.3 Å². The minimum absolute atomic E-state index is 0. The number of rotatable bonds is 3. The van der Waals surface area contributed by atoms with Gasteiger partial charge in [0.15, 0.2) is 0 Å². The molecule has 1 amide bonds. The first-order chi connectivity index (χ1) is 9.00. The minimum Gasteiger partial charge on any atom is -0.339 e. The highest BCUT2D eigenvalue weighted by Gasteiger charge is 2.31. The van der Waals surface area contributed by atoms with Gasteiger partial charge in [0.1, 0.15) is 0 Å². The van der Waals surface area contributed by atoms with Crippen LogP contribution in [0.2, 0.25) is 5.02 Å². The Kier molecular flexibility index (Phi) is 6.31. The van der Waals surface area contributed by atoms with Gasteiger partial charge < -0.3 is 10.6 Å². The topological polar surface area (TPSA) is 46.3 Å². The second-order valence-electron chi connectivity index (χ2n) is 5.42. The summed E-state index contributed by atoms with van der Waals surface area (Å²) in [4.78, 5) is 14.2. The number of benzene rings is 1. The summed E-state index contributed by atoms with van der Waals surface area (Å²) in [6, 6.07) is 7.84. The second kappa shape index (κ2) is 7.30. The standard InChI is InChI=1S/C15H21ClN2O.ClH/c1-10(13-5-3-4-6-14(13)16)18(2)15(19)11-7-8-12(17)9-11;/h3-6,10-12H,7-9,17H2,1-2H3;1H. The number of carbonyl (C=O) groups is 1. The zero-order valence-electron chi connectivity index (χ0n) is 11.9. The maximum absolute atomic E-state index is 12.4. The van der Waals surface area contributed by atoms with E-state index in [9.17, 15) is 4.79 Å². The molecule has 0 spiro atoms. The lowest BCUT2D eigenvalue weighted by Crippen LogP contribution is -2.34. The maximum Gasteiger partial charge on any atom is 0.225 e. The first-order valence-corrected chi connectivity index (χ1v) is 7.15. The molecule has 2 rings (SSSR count). The summed E-state index contributed by atoms with van der Waals surface area (Å²) in [5.41, 5.74) is 6.87. The molecule has 3 atom stereocenters. The van der Waals surface area contributed by atoms with Gasteiger partial charge in [0.05, 0.1) is 6.04 Å². The smallest absolute Gasteiger partial charge is 0.225 e. The van der Waals surface area contributed by atoms with Crippen molar-refractivity contribution in [3.05, 3.63) is 34.9 Å². The van der Waals surface area contributed by atoms with Gasteiger partial charge in [-0.05, 0) is 37.8 Å². The molecule has 0 saturated heterocycles. The highest BCUT2D eigenvalue weighted by molar-refractivity contribution is 6.31. The van der Waals surface area contributed by atoms with Crippen molar-refractivity contribution < 1.29 is 4.79 Å². The van der Waals surface area contributed by atoms with Crippen molar-refractivity contribution in [1.82, 2.24) is 4.90 Å². The van der Waals surface area contributed by atoms with Crippen LogP contribution in [0.25, 0.3) is 0 Å². The van der Waals surface area contributed by atoms with Gasteiger partial charge >= 0.3 is 0 Å². The Balaban J connectivity index is 0.00000200. The van der Waals surface area contributed by atoms with Crippen LogP contribution in [0.3, 0.4) is 0 Å².